The van der Waals surface area contributed by atoms with Gasteiger partial charge in [-0.2, -0.15) is 0 Å². The Morgan fingerprint density at radius 3 is 2.64 bits per heavy atom. The van der Waals surface area contributed by atoms with Crippen LogP contribution in [0.4, 0.5) is 0 Å². The van der Waals surface area contributed by atoms with Gasteiger partial charge in [0.1, 0.15) is 5.60 Å². The Morgan fingerprint density at radius 1 is 1.64 bits per heavy atom. The van der Waals surface area contributed by atoms with Crippen LogP contribution in [0.2, 0.25) is 0 Å². The molecule has 0 amide bonds. The fourth-order valence-electron chi connectivity index (χ4n) is 2.30. The van der Waals surface area contributed by atoms with Gasteiger partial charge in [-0.3, -0.25) is 9.59 Å². The van der Waals surface area contributed by atoms with E-state index in [1.54, 1.807) is 6.92 Å². The van der Waals surface area contributed by atoms with E-state index in [4.69, 9.17) is 9.47 Å². The minimum absolute atomic E-state index is 0.00144. The zero-order chi connectivity index (χ0) is 10.6. The molecule has 2 atom stereocenters. The summed E-state index contributed by atoms with van der Waals surface area (Å²) in [6, 6.07) is 0. The quantitative estimate of drug-likeness (QED) is 0.488. The molecule has 0 unspecified atom stereocenters. The van der Waals surface area contributed by atoms with Gasteiger partial charge in [0.15, 0.2) is 5.41 Å². The highest BCUT2D eigenvalue weighted by atomic mass is 16.6. The van der Waals surface area contributed by atoms with E-state index in [1.807, 2.05) is 13.8 Å². The van der Waals surface area contributed by atoms with Crippen molar-refractivity contribution in [3.05, 3.63) is 0 Å². The van der Waals surface area contributed by atoms with Crippen LogP contribution in [0.3, 0.4) is 0 Å². The third-order valence-corrected chi connectivity index (χ3v) is 3.16. The van der Waals surface area contributed by atoms with Crippen molar-refractivity contribution in [1.29, 1.82) is 0 Å². The fourth-order valence-corrected chi connectivity index (χ4v) is 2.30. The third kappa shape index (κ3) is 0.938. The molecule has 0 N–H and O–H groups in total. The lowest BCUT2D eigenvalue weighted by Crippen LogP contribution is -2.27. The highest BCUT2D eigenvalue weighted by Gasteiger charge is 2.78. The van der Waals surface area contributed by atoms with E-state index in [9.17, 15) is 9.59 Å². The van der Waals surface area contributed by atoms with Crippen molar-refractivity contribution < 1.29 is 19.1 Å². The van der Waals surface area contributed by atoms with Crippen LogP contribution in [0.5, 0.6) is 0 Å². The normalized spacial score (nSPS) is 37.4. The van der Waals surface area contributed by atoms with Gasteiger partial charge in [0.25, 0.3) is 0 Å². The zero-order valence-electron chi connectivity index (χ0n) is 8.62. The number of hydrogen-bond donors (Lipinski definition) is 0. The predicted octanol–water partition coefficient (Wildman–Crippen LogP) is 0.891. The molecule has 0 aromatic heterocycles. The Kier molecular flexibility index (Phi) is 1.69. The lowest BCUT2D eigenvalue weighted by atomic mass is 9.98. The standard InChI is InChI=1S/C10H14O4/c1-4-13-7(11)10-5-6(10)9(2,3)14-8(10)12/h6H,4-5H2,1-3H3/t6-,10+/m1/s1. The third-order valence-electron chi connectivity index (χ3n) is 3.16. The summed E-state index contributed by atoms with van der Waals surface area (Å²) < 4.78 is 10.0. The van der Waals surface area contributed by atoms with E-state index in [0.717, 1.165) is 0 Å². The SMILES string of the molecule is CCOC(=O)[C@]12C[C@@H]1C(C)(C)OC2=O. The number of cyclic esters (lactones) is 1. The van der Waals surface area contributed by atoms with Crippen LogP contribution in [-0.2, 0) is 19.1 Å². The van der Waals surface area contributed by atoms with Crippen LogP contribution >= 0.6 is 0 Å². The van der Waals surface area contributed by atoms with Crippen LogP contribution < -0.4 is 0 Å². The maximum Gasteiger partial charge on any atom is 0.324 e. The Labute approximate surface area is 82.6 Å². The highest BCUT2D eigenvalue weighted by Crippen LogP contribution is 2.65. The van der Waals surface area contributed by atoms with Crippen LogP contribution in [0.25, 0.3) is 0 Å². The number of fused-ring (bicyclic) bond motifs is 1. The molecule has 78 valence electrons. The minimum Gasteiger partial charge on any atom is -0.465 e. The molecule has 1 aliphatic heterocycles. The van der Waals surface area contributed by atoms with Crippen molar-refractivity contribution in [2.75, 3.05) is 6.61 Å². The molecule has 0 aromatic rings. The molecule has 1 aliphatic carbocycles. The molecule has 0 aromatic carbocycles. The molecule has 1 saturated heterocycles. The second-order valence-electron chi connectivity index (χ2n) is 4.44. The van der Waals surface area contributed by atoms with Gasteiger partial charge in [-0.15, -0.1) is 0 Å². The molecule has 1 heterocycles. The van der Waals surface area contributed by atoms with Crippen LogP contribution in [0, 0.1) is 11.3 Å². The number of carbonyl (C=O) groups excluding carboxylic acids is 2. The topological polar surface area (TPSA) is 52.6 Å². The molecule has 2 rings (SSSR count). The first-order valence-corrected chi connectivity index (χ1v) is 4.86. The Balaban J connectivity index is 2.22. The van der Waals surface area contributed by atoms with E-state index in [0.29, 0.717) is 13.0 Å². The van der Waals surface area contributed by atoms with Gasteiger partial charge < -0.3 is 9.47 Å². The number of carbonyl (C=O) groups is 2. The smallest absolute Gasteiger partial charge is 0.324 e. The van der Waals surface area contributed by atoms with Crippen LogP contribution in [0.15, 0.2) is 0 Å². The van der Waals surface area contributed by atoms with Crippen LogP contribution in [0.1, 0.15) is 27.2 Å². The van der Waals surface area contributed by atoms with Crippen molar-refractivity contribution in [3.8, 4) is 0 Å². The Hall–Kier alpha value is -1.06. The van der Waals surface area contributed by atoms with Gasteiger partial charge in [-0.25, -0.2) is 0 Å². The van der Waals surface area contributed by atoms with E-state index >= 15 is 0 Å². The average molecular weight is 198 g/mol. The molecule has 0 spiro atoms. The summed E-state index contributed by atoms with van der Waals surface area (Å²) in [5.74, 6) is -0.826. The van der Waals surface area contributed by atoms with Crippen molar-refractivity contribution in [1.82, 2.24) is 0 Å². The molecule has 0 radical (unpaired) electrons. The maximum absolute atomic E-state index is 11.6. The number of esters is 2. The summed E-state index contributed by atoms with van der Waals surface area (Å²) in [6.07, 6.45) is 0.581. The van der Waals surface area contributed by atoms with Crippen molar-refractivity contribution in [2.24, 2.45) is 11.3 Å². The highest BCUT2D eigenvalue weighted by molar-refractivity contribution is 6.06. The lowest BCUT2D eigenvalue weighted by molar-refractivity contribution is -0.163. The largest absolute Gasteiger partial charge is 0.465 e. The van der Waals surface area contributed by atoms with Gasteiger partial charge in [0.2, 0.25) is 0 Å². The molecule has 1 saturated carbocycles. The molecule has 2 fully saturated rings. The summed E-state index contributed by atoms with van der Waals surface area (Å²) in [4.78, 5) is 23.1. The number of ether oxygens (including phenoxy) is 2. The molecule has 2 aliphatic rings. The van der Waals surface area contributed by atoms with E-state index in [2.05, 4.69) is 0 Å². The predicted molar refractivity (Wildman–Crippen MR) is 47.3 cm³/mol. The summed E-state index contributed by atoms with van der Waals surface area (Å²) in [5, 5.41) is 0. The molecule has 0 bridgehead atoms. The molecular formula is C10H14O4. The number of rotatable bonds is 2. The Bertz CT molecular complexity index is 307. The minimum atomic E-state index is -0.959. The summed E-state index contributed by atoms with van der Waals surface area (Å²) in [5.41, 5.74) is -1.47. The second-order valence-corrected chi connectivity index (χ2v) is 4.44. The second kappa shape index (κ2) is 2.49. The van der Waals surface area contributed by atoms with E-state index in [-0.39, 0.29) is 5.92 Å². The first-order valence-electron chi connectivity index (χ1n) is 4.86. The van der Waals surface area contributed by atoms with Gasteiger partial charge in [0, 0.05) is 5.92 Å². The van der Waals surface area contributed by atoms with Gasteiger partial charge >= 0.3 is 11.9 Å². The van der Waals surface area contributed by atoms with Crippen molar-refractivity contribution in [2.45, 2.75) is 32.8 Å². The number of hydrogen-bond acceptors (Lipinski definition) is 4. The first kappa shape index (κ1) is 9.49. The van der Waals surface area contributed by atoms with Gasteiger partial charge in [-0.05, 0) is 27.2 Å². The van der Waals surface area contributed by atoms with Crippen molar-refractivity contribution >= 4 is 11.9 Å². The monoisotopic (exact) mass is 198 g/mol. The molecule has 14 heavy (non-hydrogen) atoms. The van der Waals surface area contributed by atoms with Gasteiger partial charge in [0.05, 0.1) is 6.61 Å². The van der Waals surface area contributed by atoms with E-state index in [1.165, 1.54) is 0 Å². The molecule has 4 nitrogen and oxygen atoms in total. The van der Waals surface area contributed by atoms with Crippen LogP contribution in [-0.4, -0.2) is 24.1 Å². The van der Waals surface area contributed by atoms with Crippen molar-refractivity contribution in [3.63, 3.8) is 0 Å². The maximum atomic E-state index is 11.6. The molecule has 4 heteroatoms. The summed E-state index contributed by atoms with van der Waals surface area (Å²) >= 11 is 0. The van der Waals surface area contributed by atoms with Gasteiger partial charge in [-0.1, -0.05) is 0 Å². The first-order chi connectivity index (χ1) is 6.45. The summed E-state index contributed by atoms with van der Waals surface area (Å²) in [7, 11) is 0. The Morgan fingerprint density at radius 2 is 2.29 bits per heavy atom. The zero-order valence-corrected chi connectivity index (χ0v) is 8.62. The summed E-state index contributed by atoms with van der Waals surface area (Å²) in [6.45, 7) is 5.71. The lowest BCUT2D eigenvalue weighted by Gasteiger charge is -2.18. The molecular weight excluding hydrogens is 184 g/mol. The average Bonchev–Trinajstić information content (AvgIpc) is 2.75. The van der Waals surface area contributed by atoms with E-state index < -0.39 is 23.0 Å². The fraction of sp³-hybridized carbons (Fsp3) is 0.800.